The molecule has 1 N–H and O–H groups in total. The molecule has 0 spiro atoms. The zero-order valence-corrected chi connectivity index (χ0v) is 8.80. The predicted molar refractivity (Wildman–Crippen MR) is 61.2 cm³/mol. The smallest absolute Gasteiger partial charge is 0.408 e. The first-order valence-corrected chi connectivity index (χ1v) is 5.11. The summed E-state index contributed by atoms with van der Waals surface area (Å²) in [5.41, 5.74) is 3.14. The van der Waals surface area contributed by atoms with Crippen LogP contribution in [0, 0.1) is 0 Å². The third-order valence-electron chi connectivity index (χ3n) is 2.23. The minimum absolute atomic E-state index is 0.440. The summed E-state index contributed by atoms with van der Waals surface area (Å²) in [6.07, 6.45) is 0.724. The summed E-state index contributed by atoms with van der Waals surface area (Å²) >= 11 is 5.63. The Morgan fingerprint density at radius 2 is 2.33 bits per heavy atom. The van der Waals surface area contributed by atoms with E-state index in [0.717, 1.165) is 17.6 Å². The number of alkyl halides is 1. The number of fused-ring (bicyclic) bond motifs is 1. The fourth-order valence-electron chi connectivity index (χ4n) is 1.42. The molecule has 0 saturated carbocycles. The summed E-state index contributed by atoms with van der Waals surface area (Å²) in [5.74, 6) is 0.0960. The van der Waals surface area contributed by atoms with Crippen molar-refractivity contribution in [3.63, 3.8) is 0 Å². The Bertz CT molecular complexity index is 553. The van der Waals surface area contributed by atoms with Crippen LogP contribution in [0.15, 0.2) is 34.0 Å². The van der Waals surface area contributed by atoms with E-state index in [9.17, 15) is 4.79 Å². The van der Waals surface area contributed by atoms with Gasteiger partial charge in [-0.3, -0.25) is 4.98 Å². The van der Waals surface area contributed by atoms with Crippen molar-refractivity contribution < 1.29 is 4.42 Å². The molecule has 3 nitrogen and oxygen atoms in total. The van der Waals surface area contributed by atoms with Gasteiger partial charge >= 0.3 is 5.76 Å². The number of benzene rings is 1. The van der Waals surface area contributed by atoms with Crippen molar-refractivity contribution in [1.29, 1.82) is 0 Å². The van der Waals surface area contributed by atoms with Gasteiger partial charge in [-0.2, -0.15) is 0 Å². The number of oxazole rings is 1. The number of nitrogens with one attached hydrogen (secondary N) is 1. The molecule has 2 aromatic rings. The number of allylic oxidation sites excluding steroid dienone is 1. The number of aromatic amines is 1. The quantitative estimate of drug-likeness (QED) is 0.814. The molecule has 1 aromatic carbocycles. The van der Waals surface area contributed by atoms with Crippen LogP contribution in [0.2, 0.25) is 0 Å². The van der Waals surface area contributed by atoms with Gasteiger partial charge in [0.15, 0.2) is 5.58 Å². The minimum Gasteiger partial charge on any atom is -0.408 e. The third kappa shape index (κ3) is 1.97. The van der Waals surface area contributed by atoms with Gasteiger partial charge in [0, 0.05) is 5.88 Å². The highest BCUT2D eigenvalue weighted by atomic mass is 35.5. The van der Waals surface area contributed by atoms with Crippen LogP contribution in [-0.4, -0.2) is 10.9 Å². The lowest BCUT2D eigenvalue weighted by molar-refractivity contribution is 0.555. The molecule has 0 amide bonds. The van der Waals surface area contributed by atoms with Crippen LogP contribution in [0.25, 0.3) is 16.7 Å². The van der Waals surface area contributed by atoms with Crippen LogP contribution < -0.4 is 5.76 Å². The number of hydrogen-bond acceptors (Lipinski definition) is 2. The van der Waals surface area contributed by atoms with E-state index in [1.807, 2.05) is 6.07 Å². The lowest BCUT2D eigenvalue weighted by Crippen LogP contribution is -1.92. The summed E-state index contributed by atoms with van der Waals surface area (Å²) in [5, 5.41) is 0. The van der Waals surface area contributed by atoms with Gasteiger partial charge in [0.2, 0.25) is 0 Å². The first-order valence-electron chi connectivity index (χ1n) is 4.57. The van der Waals surface area contributed by atoms with Gasteiger partial charge in [-0.05, 0) is 29.7 Å². The Morgan fingerprint density at radius 1 is 1.53 bits per heavy atom. The fourth-order valence-corrected chi connectivity index (χ4v) is 1.65. The number of halogens is 1. The summed E-state index contributed by atoms with van der Waals surface area (Å²) in [4.78, 5) is 13.5. The molecule has 15 heavy (non-hydrogen) atoms. The molecule has 0 aliphatic heterocycles. The van der Waals surface area contributed by atoms with E-state index < -0.39 is 5.76 Å². The zero-order valence-electron chi connectivity index (χ0n) is 8.05. The predicted octanol–water partition coefficient (Wildman–Crippen LogP) is 2.76. The van der Waals surface area contributed by atoms with E-state index in [2.05, 4.69) is 11.6 Å². The molecule has 0 unspecified atom stereocenters. The van der Waals surface area contributed by atoms with Gasteiger partial charge in [-0.1, -0.05) is 12.6 Å². The average molecular weight is 224 g/mol. The van der Waals surface area contributed by atoms with Gasteiger partial charge in [0.05, 0.1) is 5.52 Å². The maximum absolute atomic E-state index is 10.9. The SMILES string of the molecule is C=C(CCCl)c1ccc2[nH]c(=O)oc2c1. The second kappa shape index (κ2) is 3.95. The van der Waals surface area contributed by atoms with E-state index in [4.69, 9.17) is 16.0 Å². The van der Waals surface area contributed by atoms with Crippen molar-refractivity contribution in [1.82, 2.24) is 4.98 Å². The van der Waals surface area contributed by atoms with Crippen molar-refractivity contribution in [2.45, 2.75) is 6.42 Å². The van der Waals surface area contributed by atoms with Crippen molar-refractivity contribution in [3.8, 4) is 0 Å². The van der Waals surface area contributed by atoms with Gasteiger partial charge in [0.25, 0.3) is 0 Å². The summed E-state index contributed by atoms with van der Waals surface area (Å²) in [7, 11) is 0. The lowest BCUT2D eigenvalue weighted by Gasteiger charge is -2.02. The molecule has 0 fully saturated rings. The Labute approximate surface area is 91.4 Å². The third-order valence-corrected chi connectivity index (χ3v) is 2.41. The molecule has 0 radical (unpaired) electrons. The molecule has 1 aromatic heterocycles. The zero-order chi connectivity index (χ0) is 10.8. The summed E-state index contributed by atoms with van der Waals surface area (Å²) < 4.78 is 4.95. The van der Waals surface area contributed by atoms with E-state index in [0.29, 0.717) is 17.0 Å². The van der Waals surface area contributed by atoms with Crippen LogP contribution in [-0.2, 0) is 0 Å². The normalized spacial score (nSPS) is 10.7. The van der Waals surface area contributed by atoms with Crippen molar-refractivity contribution >= 4 is 28.3 Å². The lowest BCUT2D eigenvalue weighted by atomic mass is 10.1. The summed E-state index contributed by atoms with van der Waals surface area (Å²) in [6.45, 7) is 3.91. The first-order chi connectivity index (χ1) is 7.20. The monoisotopic (exact) mass is 223 g/mol. The first kappa shape index (κ1) is 10.1. The number of hydrogen-bond donors (Lipinski definition) is 1. The standard InChI is InChI=1S/C11H10ClNO2/c1-7(4-5-12)8-2-3-9-10(6-8)15-11(14)13-9/h2-3,6H,1,4-5H2,(H,13,14). The van der Waals surface area contributed by atoms with E-state index in [1.54, 1.807) is 12.1 Å². The fraction of sp³-hybridized carbons (Fsp3) is 0.182. The molecule has 0 saturated heterocycles. The Morgan fingerprint density at radius 3 is 3.07 bits per heavy atom. The molecule has 0 aliphatic rings. The molecule has 78 valence electrons. The Hall–Kier alpha value is -1.48. The van der Waals surface area contributed by atoms with Gasteiger partial charge < -0.3 is 4.42 Å². The maximum atomic E-state index is 10.9. The maximum Gasteiger partial charge on any atom is 0.417 e. The number of H-pyrrole nitrogens is 1. The molecule has 0 bridgehead atoms. The topological polar surface area (TPSA) is 46.0 Å². The number of aromatic nitrogens is 1. The molecule has 1 heterocycles. The van der Waals surface area contributed by atoms with Crippen LogP contribution >= 0.6 is 11.6 Å². The van der Waals surface area contributed by atoms with E-state index >= 15 is 0 Å². The molecule has 2 rings (SSSR count). The Balaban J connectivity index is 2.46. The van der Waals surface area contributed by atoms with E-state index in [1.165, 1.54) is 0 Å². The molecular weight excluding hydrogens is 214 g/mol. The van der Waals surface area contributed by atoms with Crippen molar-refractivity contribution in [2.24, 2.45) is 0 Å². The number of rotatable bonds is 3. The molecule has 0 atom stereocenters. The summed E-state index contributed by atoms with van der Waals surface area (Å²) in [6, 6.07) is 5.49. The van der Waals surface area contributed by atoms with Crippen molar-refractivity contribution in [3.05, 3.63) is 40.9 Å². The van der Waals surface area contributed by atoms with E-state index in [-0.39, 0.29) is 0 Å². The van der Waals surface area contributed by atoms with Gasteiger partial charge in [-0.15, -0.1) is 11.6 Å². The molecule has 0 aliphatic carbocycles. The second-order valence-corrected chi connectivity index (χ2v) is 3.65. The van der Waals surface area contributed by atoms with Crippen LogP contribution in [0.3, 0.4) is 0 Å². The highest BCUT2D eigenvalue weighted by molar-refractivity contribution is 6.18. The van der Waals surface area contributed by atoms with Crippen LogP contribution in [0.4, 0.5) is 0 Å². The average Bonchev–Trinajstić information content (AvgIpc) is 2.57. The highest BCUT2D eigenvalue weighted by Gasteiger charge is 2.04. The van der Waals surface area contributed by atoms with Gasteiger partial charge in [0.1, 0.15) is 0 Å². The molecule has 4 heteroatoms. The van der Waals surface area contributed by atoms with Gasteiger partial charge in [-0.25, -0.2) is 4.79 Å². The minimum atomic E-state index is -0.440. The highest BCUT2D eigenvalue weighted by Crippen LogP contribution is 2.20. The Kier molecular flexibility index (Phi) is 2.64. The van der Waals surface area contributed by atoms with Crippen LogP contribution in [0.5, 0.6) is 0 Å². The van der Waals surface area contributed by atoms with Crippen molar-refractivity contribution in [2.75, 3.05) is 5.88 Å². The largest absolute Gasteiger partial charge is 0.417 e. The second-order valence-electron chi connectivity index (χ2n) is 3.27. The van der Waals surface area contributed by atoms with Crippen LogP contribution in [0.1, 0.15) is 12.0 Å². The molecular formula is C11H10ClNO2.